The maximum Gasteiger partial charge on any atom is 0.296 e. The van der Waals surface area contributed by atoms with Crippen LogP contribution in [-0.4, -0.2) is 10.0 Å². The summed E-state index contributed by atoms with van der Waals surface area (Å²) in [6, 6.07) is 10.8. The fraction of sp³-hybridized carbons (Fsp3) is 0.0769. The van der Waals surface area contributed by atoms with Gasteiger partial charge in [0.1, 0.15) is 5.75 Å². The van der Waals surface area contributed by atoms with E-state index in [9.17, 15) is 10.1 Å². The van der Waals surface area contributed by atoms with Crippen LogP contribution in [0.3, 0.4) is 0 Å². The average molecular weight is 257 g/mol. The number of hydrogen-bond donors (Lipinski definition) is 1. The molecule has 0 amide bonds. The second-order valence-corrected chi connectivity index (χ2v) is 3.97. The van der Waals surface area contributed by atoms with Crippen LogP contribution in [-0.2, 0) is 0 Å². The van der Waals surface area contributed by atoms with E-state index in [4.69, 9.17) is 5.11 Å². The van der Waals surface area contributed by atoms with Crippen LogP contribution in [0.2, 0.25) is 0 Å². The zero-order valence-corrected chi connectivity index (χ0v) is 10.1. The molecule has 0 aliphatic heterocycles. The van der Waals surface area contributed by atoms with Crippen molar-refractivity contribution < 1.29 is 10.0 Å². The molecule has 2 aromatic rings. The van der Waals surface area contributed by atoms with E-state index in [1.165, 1.54) is 18.2 Å². The predicted molar refractivity (Wildman–Crippen MR) is 70.1 cm³/mol. The lowest BCUT2D eigenvalue weighted by molar-refractivity contribution is -0.384. The molecule has 6 nitrogen and oxygen atoms in total. The van der Waals surface area contributed by atoms with Gasteiger partial charge in [-0.2, -0.15) is 5.11 Å². The van der Waals surface area contributed by atoms with Gasteiger partial charge in [-0.05, 0) is 42.8 Å². The Hall–Kier alpha value is -2.76. The third kappa shape index (κ3) is 3.12. The maximum absolute atomic E-state index is 10.9. The predicted octanol–water partition coefficient (Wildman–Crippen LogP) is 4.02. The molecule has 1 N–H and O–H groups in total. The quantitative estimate of drug-likeness (QED) is 0.511. The second-order valence-electron chi connectivity index (χ2n) is 3.97. The smallest absolute Gasteiger partial charge is 0.296 e. The number of azo groups is 1. The van der Waals surface area contributed by atoms with Gasteiger partial charge in [0.05, 0.1) is 10.6 Å². The summed E-state index contributed by atoms with van der Waals surface area (Å²) in [5.41, 5.74) is 1.41. The molecule has 0 aliphatic rings. The number of aromatic hydroxyl groups is 1. The van der Waals surface area contributed by atoms with Crippen LogP contribution in [0, 0.1) is 17.0 Å². The van der Waals surface area contributed by atoms with E-state index in [2.05, 4.69) is 10.2 Å². The van der Waals surface area contributed by atoms with Gasteiger partial charge in [0, 0.05) is 6.07 Å². The summed E-state index contributed by atoms with van der Waals surface area (Å²) in [6.45, 7) is 1.77. The maximum atomic E-state index is 10.9. The molecule has 0 saturated carbocycles. The molecule has 6 heteroatoms. The molecule has 19 heavy (non-hydrogen) atoms. The lowest BCUT2D eigenvalue weighted by Gasteiger charge is -1.98. The molecule has 2 rings (SSSR count). The monoisotopic (exact) mass is 257 g/mol. The van der Waals surface area contributed by atoms with Gasteiger partial charge in [0.25, 0.3) is 5.69 Å². The highest BCUT2D eigenvalue weighted by atomic mass is 16.6. The van der Waals surface area contributed by atoms with Gasteiger partial charge in [-0.15, -0.1) is 5.11 Å². The van der Waals surface area contributed by atoms with Crippen LogP contribution in [0.1, 0.15) is 5.56 Å². The molecule has 0 spiro atoms. The standard InChI is InChI=1S/C13H11N3O3/c1-9-2-7-12(13(8-9)16(18)19)15-14-10-3-5-11(17)6-4-10/h2-8,17H,1H3. The summed E-state index contributed by atoms with van der Waals surface area (Å²) in [5.74, 6) is 0.125. The first-order chi connectivity index (χ1) is 9.06. The lowest BCUT2D eigenvalue weighted by Crippen LogP contribution is -1.88. The summed E-state index contributed by atoms with van der Waals surface area (Å²) in [7, 11) is 0. The van der Waals surface area contributed by atoms with Crippen LogP contribution >= 0.6 is 0 Å². The number of phenols is 1. The largest absolute Gasteiger partial charge is 0.508 e. The van der Waals surface area contributed by atoms with Crippen molar-refractivity contribution in [3.63, 3.8) is 0 Å². The Kier molecular flexibility index (Phi) is 3.51. The Bertz CT molecular complexity index is 636. The summed E-state index contributed by atoms with van der Waals surface area (Å²) in [4.78, 5) is 10.4. The molecule has 0 saturated heterocycles. The number of aryl methyl sites for hydroxylation is 1. The molecule has 96 valence electrons. The number of nitro groups is 1. The van der Waals surface area contributed by atoms with Crippen molar-refractivity contribution in [2.45, 2.75) is 6.92 Å². The van der Waals surface area contributed by atoms with Crippen molar-refractivity contribution in [1.82, 2.24) is 0 Å². The molecule has 0 atom stereocenters. The van der Waals surface area contributed by atoms with E-state index in [1.807, 2.05) is 0 Å². The number of phenolic OH excluding ortho intramolecular Hbond substituents is 1. The van der Waals surface area contributed by atoms with Crippen molar-refractivity contribution in [2.75, 3.05) is 0 Å². The van der Waals surface area contributed by atoms with Gasteiger partial charge in [-0.1, -0.05) is 6.07 Å². The second kappa shape index (κ2) is 5.26. The van der Waals surface area contributed by atoms with E-state index >= 15 is 0 Å². The van der Waals surface area contributed by atoms with Crippen molar-refractivity contribution in [2.24, 2.45) is 10.2 Å². The Morgan fingerprint density at radius 1 is 1.11 bits per heavy atom. The van der Waals surface area contributed by atoms with Crippen LogP contribution in [0.5, 0.6) is 5.75 Å². The summed E-state index contributed by atoms with van der Waals surface area (Å²) >= 11 is 0. The molecule has 0 fully saturated rings. The van der Waals surface area contributed by atoms with Crippen molar-refractivity contribution >= 4 is 17.1 Å². The van der Waals surface area contributed by atoms with Gasteiger partial charge >= 0.3 is 0 Å². The molecule has 0 aromatic heterocycles. The van der Waals surface area contributed by atoms with Crippen LogP contribution in [0.25, 0.3) is 0 Å². The molecule has 2 aromatic carbocycles. The third-order valence-electron chi connectivity index (χ3n) is 2.45. The van der Waals surface area contributed by atoms with E-state index in [0.29, 0.717) is 5.69 Å². The van der Waals surface area contributed by atoms with E-state index < -0.39 is 4.92 Å². The highest BCUT2D eigenvalue weighted by molar-refractivity contribution is 5.58. The topological polar surface area (TPSA) is 88.1 Å². The summed E-state index contributed by atoms with van der Waals surface area (Å²) in [6.07, 6.45) is 0. The average Bonchev–Trinajstić information content (AvgIpc) is 2.39. The Morgan fingerprint density at radius 3 is 2.42 bits per heavy atom. The number of hydrogen-bond acceptors (Lipinski definition) is 5. The lowest BCUT2D eigenvalue weighted by atomic mass is 10.2. The molecule has 0 radical (unpaired) electrons. The SMILES string of the molecule is Cc1ccc(N=Nc2ccc(O)cc2)c([N+](=O)[O-])c1. The first-order valence-electron chi connectivity index (χ1n) is 5.52. The fourth-order valence-corrected chi connectivity index (χ4v) is 1.50. The Balaban J connectivity index is 2.32. The minimum Gasteiger partial charge on any atom is -0.508 e. The zero-order valence-electron chi connectivity index (χ0n) is 10.1. The highest BCUT2D eigenvalue weighted by Gasteiger charge is 2.13. The Morgan fingerprint density at radius 2 is 1.79 bits per heavy atom. The zero-order chi connectivity index (χ0) is 13.8. The number of benzene rings is 2. The van der Waals surface area contributed by atoms with E-state index in [0.717, 1.165) is 5.56 Å². The first-order valence-corrected chi connectivity index (χ1v) is 5.52. The van der Waals surface area contributed by atoms with E-state index in [-0.39, 0.29) is 17.1 Å². The van der Waals surface area contributed by atoms with Gasteiger partial charge < -0.3 is 5.11 Å². The molecular formula is C13H11N3O3. The molecule has 0 bridgehead atoms. The normalized spacial score (nSPS) is 10.8. The first kappa shape index (κ1) is 12.7. The number of nitrogens with zero attached hydrogens (tertiary/aromatic N) is 3. The van der Waals surface area contributed by atoms with Crippen molar-refractivity contribution in [3.05, 3.63) is 58.1 Å². The van der Waals surface area contributed by atoms with Crippen molar-refractivity contribution in [1.29, 1.82) is 0 Å². The fourth-order valence-electron chi connectivity index (χ4n) is 1.50. The van der Waals surface area contributed by atoms with Crippen LogP contribution in [0.15, 0.2) is 52.7 Å². The molecule has 0 aliphatic carbocycles. The number of nitro benzene ring substituents is 1. The van der Waals surface area contributed by atoms with Gasteiger partial charge in [0.2, 0.25) is 0 Å². The van der Waals surface area contributed by atoms with Gasteiger partial charge in [-0.25, -0.2) is 0 Å². The minimum atomic E-state index is -0.488. The number of rotatable bonds is 3. The highest BCUT2D eigenvalue weighted by Crippen LogP contribution is 2.29. The molecule has 0 unspecified atom stereocenters. The van der Waals surface area contributed by atoms with Crippen LogP contribution < -0.4 is 0 Å². The van der Waals surface area contributed by atoms with Crippen molar-refractivity contribution in [3.8, 4) is 5.75 Å². The summed E-state index contributed by atoms with van der Waals surface area (Å²) < 4.78 is 0. The van der Waals surface area contributed by atoms with Gasteiger partial charge in [0.15, 0.2) is 5.69 Å². The molecular weight excluding hydrogens is 246 g/mol. The van der Waals surface area contributed by atoms with Gasteiger partial charge in [-0.3, -0.25) is 10.1 Å². The summed E-state index contributed by atoms with van der Waals surface area (Å²) in [5, 5.41) is 27.8. The van der Waals surface area contributed by atoms with Crippen LogP contribution in [0.4, 0.5) is 17.1 Å². The third-order valence-corrected chi connectivity index (χ3v) is 2.45. The van der Waals surface area contributed by atoms with E-state index in [1.54, 1.807) is 31.2 Å². The minimum absolute atomic E-state index is 0.0810. The Labute approximate surface area is 109 Å². The molecule has 0 heterocycles.